The highest BCUT2D eigenvalue weighted by molar-refractivity contribution is 6.13. The fourth-order valence-corrected chi connectivity index (χ4v) is 3.43. The van der Waals surface area contributed by atoms with Crippen LogP contribution in [-0.2, 0) is 6.42 Å². The summed E-state index contributed by atoms with van der Waals surface area (Å²) in [6, 6.07) is 30.4. The van der Waals surface area contributed by atoms with Crippen molar-refractivity contribution < 1.29 is 4.79 Å². The lowest BCUT2D eigenvalue weighted by Crippen LogP contribution is -2.13. The Morgan fingerprint density at radius 3 is 2.37 bits per heavy atom. The second-order valence-corrected chi connectivity index (χ2v) is 6.57. The molecule has 0 aliphatic heterocycles. The fraction of sp³-hybridized carbons (Fsp3) is 0.0800. The van der Waals surface area contributed by atoms with Gasteiger partial charge in [-0.25, -0.2) is 0 Å². The summed E-state index contributed by atoms with van der Waals surface area (Å²) in [6.07, 6.45) is 0.881. The van der Waals surface area contributed by atoms with Gasteiger partial charge in [0, 0.05) is 11.3 Å². The number of carbonyl (C=O) groups excluding carboxylic acids is 1. The highest BCUT2D eigenvalue weighted by Crippen LogP contribution is 2.27. The molecule has 0 fully saturated rings. The zero-order valence-electron chi connectivity index (χ0n) is 15.3. The molecular formula is C25H21NO. The van der Waals surface area contributed by atoms with Gasteiger partial charge in [0.2, 0.25) is 0 Å². The van der Waals surface area contributed by atoms with Crippen LogP contribution in [0.4, 0.5) is 5.69 Å². The molecule has 2 nitrogen and oxygen atoms in total. The summed E-state index contributed by atoms with van der Waals surface area (Å²) in [4.78, 5) is 12.9. The third-order valence-electron chi connectivity index (χ3n) is 4.88. The molecule has 4 rings (SSSR count). The lowest BCUT2D eigenvalue weighted by Gasteiger charge is -2.12. The van der Waals surface area contributed by atoms with E-state index in [-0.39, 0.29) is 5.91 Å². The van der Waals surface area contributed by atoms with Crippen molar-refractivity contribution in [3.05, 3.63) is 102 Å². The summed E-state index contributed by atoms with van der Waals surface area (Å²) >= 11 is 0. The van der Waals surface area contributed by atoms with Crippen LogP contribution in [0, 0.1) is 0 Å². The third-order valence-corrected chi connectivity index (χ3v) is 4.88. The van der Waals surface area contributed by atoms with Crippen LogP contribution in [0.3, 0.4) is 0 Å². The minimum absolute atomic E-state index is 0.0750. The average molecular weight is 351 g/mol. The van der Waals surface area contributed by atoms with E-state index in [2.05, 4.69) is 42.6 Å². The number of benzene rings is 4. The fourth-order valence-electron chi connectivity index (χ4n) is 3.43. The van der Waals surface area contributed by atoms with Gasteiger partial charge in [-0.1, -0.05) is 79.7 Å². The maximum absolute atomic E-state index is 12.9. The molecule has 1 amide bonds. The minimum Gasteiger partial charge on any atom is -0.322 e. The van der Waals surface area contributed by atoms with E-state index in [1.165, 1.54) is 5.56 Å². The first kappa shape index (κ1) is 17.0. The average Bonchev–Trinajstić information content (AvgIpc) is 2.74. The number of anilines is 1. The molecule has 0 unspecified atom stereocenters. The number of fused-ring (bicyclic) bond motifs is 1. The Morgan fingerprint density at radius 1 is 0.778 bits per heavy atom. The predicted octanol–water partition coefficient (Wildman–Crippen LogP) is 6.32. The van der Waals surface area contributed by atoms with Crippen molar-refractivity contribution in [1.29, 1.82) is 0 Å². The summed E-state index contributed by atoms with van der Waals surface area (Å²) < 4.78 is 0. The van der Waals surface area contributed by atoms with Gasteiger partial charge in [-0.05, 0) is 52.1 Å². The maximum Gasteiger partial charge on any atom is 0.256 e. The molecule has 0 atom stereocenters. The quantitative estimate of drug-likeness (QED) is 0.458. The lowest BCUT2D eigenvalue weighted by molar-refractivity contribution is 0.102. The number of hydrogen-bond donors (Lipinski definition) is 1. The number of carbonyl (C=O) groups is 1. The molecular weight excluding hydrogens is 330 g/mol. The highest BCUT2D eigenvalue weighted by Gasteiger charge is 2.12. The number of rotatable bonds is 4. The minimum atomic E-state index is -0.0750. The van der Waals surface area contributed by atoms with Gasteiger partial charge in [0.05, 0.1) is 0 Å². The van der Waals surface area contributed by atoms with Gasteiger partial charge in [0.1, 0.15) is 0 Å². The van der Waals surface area contributed by atoms with Crippen LogP contribution in [-0.4, -0.2) is 5.91 Å². The molecule has 0 aliphatic rings. The number of hydrogen-bond acceptors (Lipinski definition) is 1. The highest BCUT2D eigenvalue weighted by atomic mass is 16.1. The molecule has 0 radical (unpaired) electrons. The molecule has 0 aliphatic carbocycles. The summed E-state index contributed by atoms with van der Waals surface area (Å²) in [7, 11) is 0. The number of para-hydroxylation sites is 1. The van der Waals surface area contributed by atoms with Crippen LogP contribution in [0.1, 0.15) is 22.8 Å². The van der Waals surface area contributed by atoms with Crippen molar-refractivity contribution >= 4 is 22.4 Å². The number of nitrogens with one attached hydrogen (secondary N) is 1. The summed E-state index contributed by atoms with van der Waals surface area (Å²) in [5.41, 5.74) is 5.03. The second kappa shape index (κ2) is 7.46. The van der Waals surface area contributed by atoms with Gasteiger partial charge in [-0.2, -0.15) is 0 Å². The molecule has 4 aromatic rings. The van der Waals surface area contributed by atoms with Crippen molar-refractivity contribution in [3.63, 3.8) is 0 Å². The van der Waals surface area contributed by atoms with Gasteiger partial charge < -0.3 is 5.32 Å². The van der Waals surface area contributed by atoms with Crippen molar-refractivity contribution in [2.24, 2.45) is 0 Å². The Balaban J connectivity index is 1.71. The molecule has 132 valence electrons. The van der Waals surface area contributed by atoms with Crippen LogP contribution >= 0.6 is 0 Å². The van der Waals surface area contributed by atoms with E-state index >= 15 is 0 Å². The zero-order valence-corrected chi connectivity index (χ0v) is 15.3. The van der Waals surface area contributed by atoms with E-state index in [4.69, 9.17) is 0 Å². The first-order chi connectivity index (χ1) is 13.3. The van der Waals surface area contributed by atoms with Crippen LogP contribution in [0.5, 0.6) is 0 Å². The molecule has 0 heterocycles. The van der Waals surface area contributed by atoms with Crippen LogP contribution in [0.15, 0.2) is 91.0 Å². The van der Waals surface area contributed by atoms with E-state index in [1.807, 2.05) is 60.7 Å². The summed E-state index contributed by atoms with van der Waals surface area (Å²) in [6.45, 7) is 2.09. The summed E-state index contributed by atoms with van der Waals surface area (Å²) in [5, 5.41) is 5.10. The Kier molecular flexibility index (Phi) is 4.71. The molecule has 0 spiro atoms. The standard InChI is InChI=1S/C25H21NO/c1-2-18-9-6-7-14-24(18)26-25(27)23-13-8-12-21-17-20(15-16-22(21)23)19-10-4-3-5-11-19/h3-17H,2H2,1H3,(H,26,27). The summed E-state index contributed by atoms with van der Waals surface area (Å²) in [5.74, 6) is -0.0750. The van der Waals surface area contributed by atoms with Crippen LogP contribution in [0.25, 0.3) is 21.9 Å². The number of aryl methyl sites for hydroxylation is 1. The first-order valence-electron chi connectivity index (χ1n) is 9.23. The Hall–Kier alpha value is -3.39. The molecule has 0 saturated heterocycles. The Morgan fingerprint density at radius 2 is 1.56 bits per heavy atom. The first-order valence-corrected chi connectivity index (χ1v) is 9.23. The van der Waals surface area contributed by atoms with Crippen molar-refractivity contribution in [1.82, 2.24) is 0 Å². The zero-order chi connectivity index (χ0) is 18.6. The molecule has 2 heteroatoms. The molecule has 0 aromatic heterocycles. The normalized spacial score (nSPS) is 10.7. The van der Waals surface area contributed by atoms with E-state index in [0.29, 0.717) is 5.56 Å². The van der Waals surface area contributed by atoms with E-state index < -0.39 is 0 Å². The topological polar surface area (TPSA) is 29.1 Å². The molecule has 27 heavy (non-hydrogen) atoms. The smallest absolute Gasteiger partial charge is 0.256 e. The van der Waals surface area contributed by atoms with Gasteiger partial charge in [-0.3, -0.25) is 4.79 Å². The van der Waals surface area contributed by atoms with Crippen molar-refractivity contribution in [3.8, 4) is 11.1 Å². The molecule has 0 bridgehead atoms. The Bertz CT molecular complexity index is 1100. The number of amides is 1. The molecule has 0 saturated carbocycles. The van der Waals surface area contributed by atoms with Gasteiger partial charge in [-0.15, -0.1) is 0 Å². The maximum atomic E-state index is 12.9. The monoisotopic (exact) mass is 351 g/mol. The van der Waals surface area contributed by atoms with Crippen molar-refractivity contribution in [2.45, 2.75) is 13.3 Å². The second-order valence-electron chi connectivity index (χ2n) is 6.57. The van der Waals surface area contributed by atoms with Gasteiger partial charge in [0.25, 0.3) is 5.91 Å². The van der Waals surface area contributed by atoms with Gasteiger partial charge in [0.15, 0.2) is 0 Å². The van der Waals surface area contributed by atoms with E-state index in [1.54, 1.807) is 0 Å². The molecule has 4 aromatic carbocycles. The van der Waals surface area contributed by atoms with Gasteiger partial charge >= 0.3 is 0 Å². The van der Waals surface area contributed by atoms with Crippen LogP contribution < -0.4 is 5.32 Å². The lowest BCUT2D eigenvalue weighted by atomic mass is 9.98. The van der Waals surface area contributed by atoms with Crippen LogP contribution in [0.2, 0.25) is 0 Å². The van der Waals surface area contributed by atoms with E-state index in [0.717, 1.165) is 34.0 Å². The molecule has 1 N–H and O–H groups in total. The largest absolute Gasteiger partial charge is 0.322 e. The Labute approximate surface area is 159 Å². The SMILES string of the molecule is CCc1ccccc1NC(=O)c1cccc2cc(-c3ccccc3)ccc12. The predicted molar refractivity (Wildman–Crippen MR) is 113 cm³/mol. The van der Waals surface area contributed by atoms with E-state index in [9.17, 15) is 4.79 Å². The third kappa shape index (κ3) is 3.47. The van der Waals surface area contributed by atoms with Crippen molar-refractivity contribution in [2.75, 3.05) is 5.32 Å².